The zero-order valence-corrected chi connectivity index (χ0v) is 21.7. The molecule has 3 rings (SSSR count). The van der Waals surface area contributed by atoms with Crippen LogP contribution in [0.25, 0.3) is 0 Å². The molecule has 7 nitrogen and oxygen atoms in total. The van der Waals surface area contributed by atoms with E-state index in [9.17, 15) is 14.4 Å². The number of benzene rings is 1. The van der Waals surface area contributed by atoms with Crippen LogP contribution in [0, 0.1) is 32.6 Å². The number of aryl methyl sites for hydroxylation is 2. The SMILES string of the molecule is CCOC(=O)c1c(NC(=O)CN2C[C@H](C)C[C@@H](C)C2)sc(C(=O)Nc2ccc(C)cc2C)c1C. The molecule has 2 atom stereocenters. The van der Waals surface area contributed by atoms with Gasteiger partial charge in [0.2, 0.25) is 5.91 Å². The molecule has 0 radical (unpaired) electrons. The van der Waals surface area contributed by atoms with Gasteiger partial charge in [-0.15, -0.1) is 11.3 Å². The number of carbonyl (C=O) groups is 3. The Morgan fingerprint density at radius 2 is 1.76 bits per heavy atom. The minimum atomic E-state index is -0.544. The van der Waals surface area contributed by atoms with E-state index in [4.69, 9.17) is 4.74 Å². The van der Waals surface area contributed by atoms with Gasteiger partial charge < -0.3 is 15.4 Å². The second-order valence-electron chi connectivity index (χ2n) is 9.44. The summed E-state index contributed by atoms with van der Waals surface area (Å²) in [4.78, 5) is 41.2. The van der Waals surface area contributed by atoms with Crippen LogP contribution < -0.4 is 10.6 Å². The number of piperidine rings is 1. The number of amides is 2. The Hall–Kier alpha value is -2.71. The van der Waals surface area contributed by atoms with Crippen molar-refractivity contribution >= 4 is 39.8 Å². The minimum Gasteiger partial charge on any atom is -0.462 e. The Balaban J connectivity index is 1.83. The van der Waals surface area contributed by atoms with E-state index in [0.717, 1.165) is 42.0 Å². The first kappa shape index (κ1) is 25.9. The third-order valence-electron chi connectivity index (χ3n) is 6.03. The fourth-order valence-corrected chi connectivity index (χ4v) is 5.80. The van der Waals surface area contributed by atoms with Crippen LogP contribution in [0.1, 0.15) is 63.9 Å². The molecular formula is C26H35N3O4S. The van der Waals surface area contributed by atoms with Crippen LogP contribution in [-0.2, 0) is 9.53 Å². The zero-order chi connectivity index (χ0) is 25.0. The first-order valence-corrected chi connectivity index (χ1v) is 12.6. The number of anilines is 2. The van der Waals surface area contributed by atoms with Crippen LogP contribution in [-0.4, -0.2) is 48.9 Å². The van der Waals surface area contributed by atoms with E-state index in [1.54, 1.807) is 13.8 Å². The van der Waals surface area contributed by atoms with Gasteiger partial charge in [0.25, 0.3) is 5.91 Å². The first-order valence-electron chi connectivity index (χ1n) is 11.8. The van der Waals surface area contributed by atoms with Crippen molar-refractivity contribution in [3.63, 3.8) is 0 Å². The van der Waals surface area contributed by atoms with Crippen molar-refractivity contribution in [2.24, 2.45) is 11.8 Å². The van der Waals surface area contributed by atoms with Gasteiger partial charge in [0.15, 0.2) is 0 Å². The minimum absolute atomic E-state index is 0.200. The number of hydrogen-bond donors (Lipinski definition) is 2. The third-order valence-corrected chi connectivity index (χ3v) is 7.23. The van der Waals surface area contributed by atoms with Gasteiger partial charge in [-0.25, -0.2) is 4.79 Å². The van der Waals surface area contributed by atoms with Gasteiger partial charge in [-0.2, -0.15) is 0 Å². The predicted octanol–water partition coefficient (Wildman–Crippen LogP) is 5.02. The highest BCUT2D eigenvalue weighted by molar-refractivity contribution is 7.19. The van der Waals surface area contributed by atoms with Crippen molar-refractivity contribution in [1.29, 1.82) is 0 Å². The van der Waals surface area contributed by atoms with Gasteiger partial charge in [-0.3, -0.25) is 14.5 Å². The number of esters is 1. The molecule has 2 N–H and O–H groups in total. The summed E-state index contributed by atoms with van der Waals surface area (Å²) in [6.07, 6.45) is 1.16. The molecule has 8 heteroatoms. The van der Waals surface area contributed by atoms with Crippen LogP contribution in [0.2, 0.25) is 0 Å². The normalized spacial score (nSPS) is 18.4. The molecule has 0 unspecified atom stereocenters. The molecule has 1 aliphatic rings. The Bertz CT molecular complexity index is 1070. The lowest BCUT2D eigenvalue weighted by Gasteiger charge is -2.34. The lowest BCUT2D eigenvalue weighted by Crippen LogP contribution is -2.42. The Labute approximate surface area is 205 Å². The van der Waals surface area contributed by atoms with Gasteiger partial charge in [-0.05, 0) is 63.1 Å². The average molecular weight is 486 g/mol. The van der Waals surface area contributed by atoms with Crippen LogP contribution in [0.3, 0.4) is 0 Å². The molecule has 34 heavy (non-hydrogen) atoms. The molecule has 0 aliphatic carbocycles. The molecule has 0 spiro atoms. The number of hydrogen-bond acceptors (Lipinski definition) is 6. The van der Waals surface area contributed by atoms with Crippen LogP contribution in [0.15, 0.2) is 18.2 Å². The summed E-state index contributed by atoms with van der Waals surface area (Å²) in [7, 11) is 0. The molecular weight excluding hydrogens is 450 g/mol. The number of carbonyl (C=O) groups excluding carboxylic acids is 3. The van der Waals surface area contributed by atoms with Crippen molar-refractivity contribution in [1.82, 2.24) is 4.90 Å². The molecule has 2 heterocycles. The highest BCUT2D eigenvalue weighted by Gasteiger charge is 2.28. The molecule has 1 aromatic heterocycles. The molecule has 0 saturated carbocycles. The summed E-state index contributed by atoms with van der Waals surface area (Å²) in [5, 5.41) is 6.17. The van der Waals surface area contributed by atoms with Crippen molar-refractivity contribution in [2.75, 3.05) is 36.9 Å². The maximum atomic E-state index is 13.1. The third kappa shape index (κ3) is 6.24. The smallest absolute Gasteiger partial charge is 0.341 e. The van der Waals surface area contributed by atoms with E-state index in [1.807, 2.05) is 32.0 Å². The number of rotatable bonds is 7. The number of nitrogens with one attached hydrogen (secondary N) is 2. The molecule has 1 fully saturated rings. The summed E-state index contributed by atoms with van der Waals surface area (Å²) in [6.45, 7) is 14.0. The van der Waals surface area contributed by atoms with Gasteiger partial charge in [0.05, 0.1) is 23.6 Å². The maximum Gasteiger partial charge on any atom is 0.341 e. The fourth-order valence-electron chi connectivity index (χ4n) is 4.69. The molecule has 2 amide bonds. The highest BCUT2D eigenvalue weighted by Crippen LogP contribution is 2.35. The molecule has 1 saturated heterocycles. The summed E-state index contributed by atoms with van der Waals surface area (Å²) in [5.41, 5.74) is 3.51. The van der Waals surface area contributed by atoms with E-state index in [2.05, 4.69) is 29.4 Å². The number of thiophene rings is 1. The van der Waals surface area contributed by atoms with Gasteiger partial charge in [-0.1, -0.05) is 31.5 Å². The van der Waals surface area contributed by atoms with Gasteiger partial charge >= 0.3 is 5.97 Å². The summed E-state index contributed by atoms with van der Waals surface area (Å²) >= 11 is 1.10. The summed E-state index contributed by atoms with van der Waals surface area (Å²) in [5.74, 6) is 0.0123. The second-order valence-corrected chi connectivity index (χ2v) is 10.5. The first-order chi connectivity index (χ1) is 16.1. The lowest BCUT2D eigenvalue weighted by atomic mass is 9.92. The molecule has 1 aromatic carbocycles. The zero-order valence-electron chi connectivity index (χ0n) is 20.9. The van der Waals surface area contributed by atoms with Gasteiger partial charge in [0, 0.05) is 18.8 Å². The number of nitrogens with zero attached hydrogens (tertiary/aromatic N) is 1. The maximum absolute atomic E-state index is 13.1. The quantitative estimate of drug-likeness (QED) is 0.538. The van der Waals surface area contributed by atoms with Crippen LogP contribution >= 0.6 is 11.3 Å². The van der Waals surface area contributed by atoms with E-state index in [-0.39, 0.29) is 30.5 Å². The highest BCUT2D eigenvalue weighted by atomic mass is 32.1. The van der Waals surface area contributed by atoms with E-state index in [1.165, 1.54) is 0 Å². The largest absolute Gasteiger partial charge is 0.462 e. The van der Waals surface area contributed by atoms with Crippen molar-refractivity contribution in [3.05, 3.63) is 45.3 Å². The fraction of sp³-hybridized carbons (Fsp3) is 0.500. The molecule has 1 aliphatic heterocycles. The second kappa shape index (κ2) is 11.1. The number of ether oxygens (including phenoxy) is 1. The van der Waals surface area contributed by atoms with Crippen molar-refractivity contribution in [2.45, 2.75) is 48.0 Å². The molecule has 0 bridgehead atoms. The van der Waals surface area contributed by atoms with Crippen molar-refractivity contribution in [3.8, 4) is 0 Å². The van der Waals surface area contributed by atoms with E-state index >= 15 is 0 Å². The summed E-state index contributed by atoms with van der Waals surface area (Å²) < 4.78 is 5.23. The van der Waals surface area contributed by atoms with Crippen LogP contribution in [0.5, 0.6) is 0 Å². The molecule has 2 aromatic rings. The molecule has 184 valence electrons. The Morgan fingerprint density at radius 1 is 1.09 bits per heavy atom. The van der Waals surface area contributed by atoms with Crippen molar-refractivity contribution < 1.29 is 19.1 Å². The predicted molar refractivity (Wildman–Crippen MR) is 137 cm³/mol. The monoisotopic (exact) mass is 485 g/mol. The lowest BCUT2D eigenvalue weighted by molar-refractivity contribution is -0.117. The average Bonchev–Trinajstić information content (AvgIpc) is 3.05. The standard InChI is InChI=1S/C26H35N3O4S/c1-7-33-26(32)22-19(6)23(24(31)27-20-9-8-15(2)11-18(20)5)34-25(22)28-21(30)14-29-12-16(3)10-17(4)13-29/h8-9,11,16-17H,7,10,12-14H2,1-6H3,(H,27,31)(H,28,30)/t16-,17-/m1/s1. The van der Waals surface area contributed by atoms with E-state index in [0.29, 0.717) is 33.0 Å². The van der Waals surface area contributed by atoms with E-state index < -0.39 is 5.97 Å². The Morgan fingerprint density at radius 3 is 2.38 bits per heavy atom. The Kier molecular flexibility index (Phi) is 8.49. The van der Waals surface area contributed by atoms with Gasteiger partial charge in [0.1, 0.15) is 5.00 Å². The topological polar surface area (TPSA) is 87.7 Å². The van der Waals surface area contributed by atoms with Crippen LogP contribution in [0.4, 0.5) is 10.7 Å². The number of likely N-dealkylation sites (tertiary alicyclic amines) is 1. The summed E-state index contributed by atoms with van der Waals surface area (Å²) in [6, 6.07) is 5.79.